The summed E-state index contributed by atoms with van der Waals surface area (Å²) in [6.45, 7) is 4.91. The van der Waals surface area contributed by atoms with Gasteiger partial charge in [0.25, 0.3) is 0 Å². The molecule has 1 aromatic heterocycles. The molecule has 1 heterocycles. The monoisotopic (exact) mass is 349 g/mol. The fourth-order valence-corrected chi connectivity index (χ4v) is 2.55. The van der Waals surface area contributed by atoms with Gasteiger partial charge in [0.05, 0.1) is 13.3 Å². The van der Waals surface area contributed by atoms with Gasteiger partial charge in [-0.3, -0.25) is 0 Å². The highest BCUT2D eigenvalue weighted by atomic mass is 16.5. The Bertz CT molecular complexity index is 882. The number of nitrogens with zero attached hydrogens (tertiary/aromatic N) is 3. The van der Waals surface area contributed by atoms with Gasteiger partial charge in [0.15, 0.2) is 5.82 Å². The van der Waals surface area contributed by atoms with Crippen LogP contribution in [0.2, 0.25) is 0 Å². The van der Waals surface area contributed by atoms with Gasteiger partial charge in [0.2, 0.25) is 5.95 Å². The van der Waals surface area contributed by atoms with Gasteiger partial charge in [-0.2, -0.15) is 10.1 Å². The van der Waals surface area contributed by atoms with Crippen LogP contribution in [-0.2, 0) is 6.42 Å². The van der Waals surface area contributed by atoms with Gasteiger partial charge < -0.3 is 15.4 Å². The van der Waals surface area contributed by atoms with Crippen LogP contribution in [0.3, 0.4) is 0 Å². The SMILES string of the molecule is COc1cccc(CCNc2cnnc(Nc3ccc(C)c(C)c3)n2)c1. The van der Waals surface area contributed by atoms with Crippen molar-refractivity contribution in [2.45, 2.75) is 20.3 Å². The third-order valence-corrected chi connectivity index (χ3v) is 4.18. The molecule has 0 amide bonds. The lowest BCUT2D eigenvalue weighted by molar-refractivity contribution is 0.414. The molecular weight excluding hydrogens is 326 g/mol. The Hall–Kier alpha value is -3.15. The maximum atomic E-state index is 5.25. The van der Waals surface area contributed by atoms with Crippen molar-refractivity contribution in [2.24, 2.45) is 0 Å². The summed E-state index contributed by atoms with van der Waals surface area (Å²) >= 11 is 0. The number of rotatable bonds is 7. The largest absolute Gasteiger partial charge is 0.497 e. The van der Waals surface area contributed by atoms with Gasteiger partial charge in [-0.15, -0.1) is 5.10 Å². The smallest absolute Gasteiger partial charge is 0.249 e. The van der Waals surface area contributed by atoms with Crippen LogP contribution in [0, 0.1) is 13.8 Å². The number of benzene rings is 2. The molecule has 0 fully saturated rings. The number of ether oxygens (including phenoxy) is 1. The molecule has 2 N–H and O–H groups in total. The molecule has 0 bridgehead atoms. The van der Waals surface area contributed by atoms with Crippen molar-refractivity contribution >= 4 is 17.5 Å². The van der Waals surface area contributed by atoms with E-state index in [9.17, 15) is 0 Å². The molecule has 0 atom stereocenters. The molecule has 26 heavy (non-hydrogen) atoms. The number of anilines is 3. The summed E-state index contributed by atoms with van der Waals surface area (Å²) in [5, 5.41) is 14.5. The summed E-state index contributed by atoms with van der Waals surface area (Å²) in [5.74, 6) is 2.03. The van der Waals surface area contributed by atoms with Crippen LogP contribution in [0.4, 0.5) is 17.5 Å². The number of hydrogen-bond donors (Lipinski definition) is 2. The van der Waals surface area contributed by atoms with E-state index in [0.29, 0.717) is 11.8 Å². The van der Waals surface area contributed by atoms with Crippen LogP contribution in [-0.4, -0.2) is 28.8 Å². The average Bonchev–Trinajstić information content (AvgIpc) is 2.65. The van der Waals surface area contributed by atoms with Crippen molar-refractivity contribution in [1.29, 1.82) is 0 Å². The number of nitrogens with one attached hydrogen (secondary N) is 2. The van der Waals surface area contributed by atoms with Crippen LogP contribution in [0.1, 0.15) is 16.7 Å². The van der Waals surface area contributed by atoms with Crippen molar-refractivity contribution in [1.82, 2.24) is 15.2 Å². The molecule has 0 saturated heterocycles. The zero-order valence-corrected chi connectivity index (χ0v) is 15.3. The topological polar surface area (TPSA) is 72.0 Å². The van der Waals surface area contributed by atoms with Gasteiger partial charge in [-0.1, -0.05) is 18.2 Å². The summed E-state index contributed by atoms with van der Waals surface area (Å²) in [6.07, 6.45) is 2.48. The lowest BCUT2D eigenvalue weighted by Crippen LogP contribution is -2.09. The van der Waals surface area contributed by atoms with Gasteiger partial charge in [-0.05, 0) is 61.2 Å². The lowest BCUT2D eigenvalue weighted by atomic mass is 10.1. The zero-order valence-electron chi connectivity index (χ0n) is 15.3. The molecule has 3 aromatic rings. The number of aromatic nitrogens is 3. The standard InChI is InChI=1S/C20H23N5O/c1-14-7-8-17(11-15(14)2)23-20-24-19(13-22-25-20)21-10-9-16-5-4-6-18(12-16)26-3/h4-8,11-13H,9-10H2,1-3H3,(H2,21,23,24,25). The highest BCUT2D eigenvalue weighted by Gasteiger charge is 2.03. The minimum absolute atomic E-state index is 0.472. The van der Waals surface area contributed by atoms with Gasteiger partial charge in [0, 0.05) is 12.2 Å². The maximum absolute atomic E-state index is 5.25. The minimum Gasteiger partial charge on any atom is -0.497 e. The second kappa shape index (κ2) is 8.29. The van der Waals surface area contributed by atoms with E-state index >= 15 is 0 Å². The van der Waals surface area contributed by atoms with E-state index in [0.717, 1.165) is 24.4 Å². The zero-order chi connectivity index (χ0) is 18.4. The van der Waals surface area contributed by atoms with E-state index in [2.05, 4.69) is 57.9 Å². The maximum Gasteiger partial charge on any atom is 0.249 e. The van der Waals surface area contributed by atoms with Crippen LogP contribution in [0.15, 0.2) is 48.7 Å². The molecule has 0 aliphatic carbocycles. The predicted octanol–water partition coefficient (Wildman–Crippen LogP) is 3.90. The summed E-state index contributed by atoms with van der Waals surface area (Å²) in [5.41, 5.74) is 4.62. The molecule has 0 spiro atoms. The Morgan fingerprint density at radius 1 is 1.04 bits per heavy atom. The third kappa shape index (κ3) is 4.69. The number of hydrogen-bond acceptors (Lipinski definition) is 6. The summed E-state index contributed by atoms with van der Waals surface area (Å²) < 4.78 is 5.25. The molecule has 0 saturated carbocycles. The molecule has 3 rings (SSSR count). The van der Waals surface area contributed by atoms with Gasteiger partial charge >= 0.3 is 0 Å². The molecular formula is C20H23N5O. The molecule has 0 radical (unpaired) electrons. The van der Waals surface area contributed by atoms with Crippen LogP contribution >= 0.6 is 0 Å². The Morgan fingerprint density at radius 2 is 1.92 bits per heavy atom. The first-order valence-electron chi connectivity index (χ1n) is 8.55. The number of aryl methyl sites for hydroxylation is 2. The Balaban J connectivity index is 1.59. The Labute approximate surface area is 153 Å². The lowest BCUT2D eigenvalue weighted by Gasteiger charge is -2.09. The summed E-state index contributed by atoms with van der Waals surface area (Å²) in [7, 11) is 1.67. The second-order valence-electron chi connectivity index (χ2n) is 6.12. The van der Waals surface area contributed by atoms with Crippen molar-refractivity contribution in [3.63, 3.8) is 0 Å². The number of methoxy groups -OCH3 is 1. The molecule has 0 aliphatic heterocycles. The first-order chi connectivity index (χ1) is 12.6. The van der Waals surface area contributed by atoms with Gasteiger partial charge in [-0.25, -0.2) is 0 Å². The fraction of sp³-hybridized carbons (Fsp3) is 0.250. The first kappa shape index (κ1) is 17.7. The van der Waals surface area contributed by atoms with Crippen LogP contribution < -0.4 is 15.4 Å². The van der Waals surface area contributed by atoms with Crippen molar-refractivity contribution in [2.75, 3.05) is 24.3 Å². The van der Waals surface area contributed by atoms with Crippen molar-refractivity contribution in [3.8, 4) is 5.75 Å². The Morgan fingerprint density at radius 3 is 2.73 bits per heavy atom. The quantitative estimate of drug-likeness (QED) is 0.674. The van der Waals surface area contributed by atoms with E-state index in [1.807, 2.05) is 24.3 Å². The van der Waals surface area contributed by atoms with E-state index in [-0.39, 0.29) is 0 Å². The normalized spacial score (nSPS) is 10.4. The molecule has 2 aromatic carbocycles. The van der Waals surface area contributed by atoms with Crippen molar-refractivity contribution < 1.29 is 4.74 Å². The molecule has 134 valence electrons. The summed E-state index contributed by atoms with van der Waals surface area (Å²) in [6, 6.07) is 14.2. The van der Waals surface area contributed by atoms with E-state index in [1.54, 1.807) is 13.3 Å². The highest BCUT2D eigenvalue weighted by molar-refractivity contribution is 5.56. The highest BCUT2D eigenvalue weighted by Crippen LogP contribution is 2.18. The average molecular weight is 349 g/mol. The predicted molar refractivity (Wildman–Crippen MR) is 104 cm³/mol. The fourth-order valence-electron chi connectivity index (χ4n) is 2.55. The van der Waals surface area contributed by atoms with E-state index in [4.69, 9.17) is 4.74 Å². The van der Waals surface area contributed by atoms with Gasteiger partial charge in [0.1, 0.15) is 5.75 Å². The minimum atomic E-state index is 0.472. The van der Waals surface area contributed by atoms with E-state index < -0.39 is 0 Å². The Kier molecular flexibility index (Phi) is 5.63. The molecule has 6 heteroatoms. The third-order valence-electron chi connectivity index (χ3n) is 4.18. The van der Waals surface area contributed by atoms with Crippen molar-refractivity contribution in [3.05, 3.63) is 65.4 Å². The molecule has 6 nitrogen and oxygen atoms in total. The second-order valence-corrected chi connectivity index (χ2v) is 6.12. The van der Waals surface area contributed by atoms with Crippen LogP contribution in [0.5, 0.6) is 5.75 Å². The summed E-state index contributed by atoms with van der Waals surface area (Å²) in [4.78, 5) is 4.46. The first-order valence-corrected chi connectivity index (χ1v) is 8.55. The molecule has 0 aliphatic rings. The molecule has 0 unspecified atom stereocenters. The van der Waals surface area contributed by atoms with E-state index in [1.165, 1.54) is 16.7 Å². The van der Waals surface area contributed by atoms with Crippen LogP contribution in [0.25, 0.3) is 0 Å².